The number of carbonyl (C=O) groups excluding carboxylic acids is 1. The largest absolute Gasteiger partial charge is 0.295 e. The summed E-state index contributed by atoms with van der Waals surface area (Å²) in [4.78, 5) is 11.9. The molecule has 0 amide bonds. The van der Waals surface area contributed by atoms with Crippen LogP contribution in [-0.2, 0) is 4.79 Å². The zero-order valence-electron chi connectivity index (χ0n) is 10.6. The van der Waals surface area contributed by atoms with Gasteiger partial charge >= 0.3 is 0 Å². The van der Waals surface area contributed by atoms with Crippen LogP contribution < -0.4 is 0 Å². The fourth-order valence-electron chi connectivity index (χ4n) is 3.09. The van der Waals surface area contributed by atoms with Crippen LogP contribution >= 0.6 is 0 Å². The van der Waals surface area contributed by atoms with Crippen molar-refractivity contribution in [2.75, 3.05) is 0 Å². The summed E-state index contributed by atoms with van der Waals surface area (Å²) in [7, 11) is 0. The van der Waals surface area contributed by atoms with Crippen LogP contribution in [0.4, 0.5) is 0 Å². The van der Waals surface area contributed by atoms with Gasteiger partial charge in [0.1, 0.15) is 0 Å². The SMILES string of the molecule is CC=CCCC(=O)C1=CC[C@@H]2[C@H](C1)C2(C)C. The lowest BCUT2D eigenvalue weighted by molar-refractivity contribution is -0.115. The summed E-state index contributed by atoms with van der Waals surface area (Å²) in [5.41, 5.74) is 1.60. The fraction of sp³-hybridized carbons (Fsp3) is 0.667. The second kappa shape index (κ2) is 4.20. The van der Waals surface area contributed by atoms with Gasteiger partial charge in [0.2, 0.25) is 0 Å². The topological polar surface area (TPSA) is 17.1 Å². The van der Waals surface area contributed by atoms with Gasteiger partial charge in [-0.1, -0.05) is 32.1 Å². The number of hydrogen-bond acceptors (Lipinski definition) is 1. The quantitative estimate of drug-likeness (QED) is 0.654. The number of rotatable bonds is 4. The first kappa shape index (κ1) is 11.6. The van der Waals surface area contributed by atoms with Crippen LogP contribution in [0.5, 0.6) is 0 Å². The molecule has 88 valence electrons. The second-order valence-corrected chi connectivity index (χ2v) is 5.73. The monoisotopic (exact) mass is 218 g/mol. The molecule has 0 aromatic heterocycles. The van der Waals surface area contributed by atoms with Crippen LogP contribution in [0.2, 0.25) is 0 Å². The summed E-state index contributed by atoms with van der Waals surface area (Å²) in [6, 6.07) is 0. The minimum Gasteiger partial charge on any atom is -0.295 e. The maximum absolute atomic E-state index is 11.9. The Morgan fingerprint density at radius 1 is 1.50 bits per heavy atom. The molecule has 0 radical (unpaired) electrons. The van der Waals surface area contributed by atoms with Crippen molar-refractivity contribution in [3.63, 3.8) is 0 Å². The molecule has 0 N–H and O–H groups in total. The third-order valence-corrected chi connectivity index (χ3v) is 4.48. The fourth-order valence-corrected chi connectivity index (χ4v) is 3.09. The molecule has 1 saturated carbocycles. The van der Waals surface area contributed by atoms with E-state index in [-0.39, 0.29) is 0 Å². The van der Waals surface area contributed by atoms with Crippen LogP contribution in [0.3, 0.4) is 0 Å². The van der Waals surface area contributed by atoms with E-state index in [1.54, 1.807) is 0 Å². The third-order valence-electron chi connectivity index (χ3n) is 4.48. The van der Waals surface area contributed by atoms with Crippen LogP contribution in [0.15, 0.2) is 23.8 Å². The highest BCUT2D eigenvalue weighted by atomic mass is 16.1. The Kier molecular flexibility index (Phi) is 3.05. The van der Waals surface area contributed by atoms with Gasteiger partial charge in [0, 0.05) is 6.42 Å². The van der Waals surface area contributed by atoms with Gasteiger partial charge in [-0.05, 0) is 49.0 Å². The lowest BCUT2D eigenvalue weighted by atomic mass is 9.94. The van der Waals surface area contributed by atoms with E-state index in [0.29, 0.717) is 17.6 Å². The van der Waals surface area contributed by atoms with Gasteiger partial charge in [0.05, 0.1) is 0 Å². The van der Waals surface area contributed by atoms with E-state index in [2.05, 4.69) is 26.0 Å². The Bertz CT molecular complexity index is 346. The average Bonchev–Trinajstić information content (AvgIpc) is 2.81. The van der Waals surface area contributed by atoms with Crippen molar-refractivity contribution in [3.8, 4) is 0 Å². The summed E-state index contributed by atoms with van der Waals surface area (Å²) < 4.78 is 0. The number of allylic oxidation sites excluding steroid dienone is 4. The minimum absolute atomic E-state index is 0.374. The van der Waals surface area contributed by atoms with Gasteiger partial charge in [0.15, 0.2) is 5.78 Å². The van der Waals surface area contributed by atoms with Crippen LogP contribution in [0.1, 0.15) is 46.5 Å². The third kappa shape index (κ3) is 2.00. The number of ketones is 1. The highest BCUT2D eigenvalue weighted by Crippen LogP contribution is 2.64. The molecular formula is C15H22O. The van der Waals surface area contributed by atoms with Crippen molar-refractivity contribution < 1.29 is 4.79 Å². The molecule has 0 aliphatic heterocycles. The zero-order valence-corrected chi connectivity index (χ0v) is 10.6. The Labute approximate surface area is 98.6 Å². The van der Waals surface area contributed by atoms with Crippen LogP contribution in [0, 0.1) is 17.3 Å². The maximum Gasteiger partial charge on any atom is 0.158 e. The Hall–Kier alpha value is -0.850. The first-order valence-electron chi connectivity index (χ1n) is 6.40. The zero-order chi connectivity index (χ0) is 11.8. The molecule has 0 bridgehead atoms. The van der Waals surface area contributed by atoms with Crippen molar-refractivity contribution in [2.45, 2.75) is 46.5 Å². The molecule has 1 heteroatoms. The molecule has 2 aliphatic rings. The summed E-state index contributed by atoms with van der Waals surface area (Å²) in [6.07, 6.45) is 10.0. The van der Waals surface area contributed by atoms with Gasteiger partial charge in [-0.25, -0.2) is 0 Å². The van der Waals surface area contributed by atoms with E-state index >= 15 is 0 Å². The lowest BCUT2D eigenvalue weighted by Crippen LogP contribution is -2.06. The Morgan fingerprint density at radius 2 is 2.25 bits per heavy atom. The molecule has 0 aromatic rings. The molecular weight excluding hydrogens is 196 g/mol. The summed E-state index contributed by atoms with van der Waals surface area (Å²) in [5, 5.41) is 0. The van der Waals surface area contributed by atoms with Gasteiger partial charge in [-0.3, -0.25) is 4.79 Å². The lowest BCUT2D eigenvalue weighted by Gasteiger charge is -2.10. The standard InChI is InChI=1S/C15H22O/c1-4-5-6-7-14(16)11-8-9-12-13(10-11)15(12,2)3/h4-5,8,12-13H,6-7,9-10H2,1-3H3/t12-,13+/m1/s1. The maximum atomic E-state index is 11.9. The number of hydrogen-bond donors (Lipinski definition) is 0. The van der Waals surface area contributed by atoms with E-state index in [1.165, 1.54) is 0 Å². The molecule has 2 aliphatic carbocycles. The van der Waals surface area contributed by atoms with Gasteiger partial charge in [0.25, 0.3) is 0 Å². The summed E-state index contributed by atoms with van der Waals surface area (Å²) >= 11 is 0. The van der Waals surface area contributed by atoms with Crippen LogP contribution in [-0.4, -0.2) is 5.78 Å². The summed E-state index contributed by atoms with van der Waals surface area (Å²) in [6.45, 7) is 6.68. The normalized spacial score (nSPS) is 31.1. The Morgan fingerprint density at radius 3 is 2.88 bits per heavy atom. The van der Waals surface area contributed by atoms with E-state index < -0.39 is 0 Å². The van der Waals surface area contributed by atoms with E-state index in [4.69, 9.17) is 0 Å². The number of Topliss-reactive ketones (excluding diaryl/α,β-unsaturated/α-hetero) is 1. The molecule has 16 heavy (non-hydrogen) atoms. The number of carbonyl (C=O) groups is 1. The molecule has 1 nitrogen and oxygen atoms in total. The molecule has 2 atom stereocenters. The highest BCUT2D eigenvalue weighted by Gasteiger charge is 2.57. The number of fused-ring (bicyclic) bond motifs is 1. The minimum atomic E-state index is 0.374. The Balaban J connectivity index is 1.88. The average molecular weight is 218 g/mol. The van der Waals surface area contributed by atoms with E-state index in [0.717, 1.165) is 36.7 Å². The predicted molar refractivity (Wildman–Crippen MR) is 67.1 cm³/mol. The smallest absolute Gasteiger partial charge is 0.158 e. The molecule has 0 saturated heterocycles. The van der Waals surface area contributed by atoms with Crippen molar-refractivity contribution in [1.29, 1.82) is 0 Å². The molecule has 1 fully saturated rings. The molecule has 0 spiro atoms. The first-order valence-corrected chi connectivity index (χ1v) is 6.40. The van der Waals surface area contributed by atoms with E-state index in [1.807, 2.05) is 13.0 Å². The second-order valence-electron chi connectivity index (χ2n) is 5.73. The molecule has 0 heterocycles. The highest BCUT2D eigenvalue weighted by molar-refractivity contribution is 5.95. The van der Waals surface area contributed by atoms with Crippen LogP contribution in [0.25, 0.3) is 0 Å². The molecule has 2 rings (SSSR count). The molecule has 0 aromatic carbocycles. The van der Waals surface area contributed by atoms with Crippen molar-refractivity contribution in [2.24, 2.45) is 17.3 Å². The van der Waals surface area contributed by atoms with Gasteiger partial charge in [-0.2, -0.15) is 0 Å². The van der Waals surface area contributed by atoms with Gasteiger partial charge in [-0.15, -0.1) is 0 Å². The first-order chi connectivity index (χ1) is 7.57. The summed E-state index contributed by atoms with van der Waals surface area (Å²) in [5.74, 6) is 2.00. The predicted octanol–water partition coefficient (Wildman–Crippen LogP) is 3.90. The molecule has 0 unspecified atom stereocenters. The van der Waals surface area contributed by atoms with Gasteiger partial charge < -0.3 is 0 Å². The van der Waals surface area contributed by atoms with Crippen molar-refractivity contribution >= 4 is 5.78 Å². The van der Waals surface area contributed by atoms with Crippen molar-refractivity contribution in [3.05, 3.63) is 23.8 Å². The van der Waals surface area contributed by atoms with E-state index in [9.17, 15) is 4.79 Å². The van der Waals surface area contributed by atoms with Crippen molar-refractivity contribution in [1.82, 2.24) is 0 Å².